The quantitative estimate of drug-likeness (QED) is 0.618. The lowest BCUT2D eigenvalue weighted by Crippen LogP contribution is -2.37. The maximum absolute atomic E-state index is 13.1. The van der Waals surface area contributed by atoms with Crippen molar-refractivity contribution in [1.29, 1.82) is 0 Å². The van der Waals surface area contributed by atoms with E-state index in [1.54, 1.807) is 24.3 Å². The molecule has 0 saturated carbocycles. The molecule has 0 aromatic heterocycles. The van der Waals surface area contributed by atoms with Crippen molar-refractivity contribution >= 4 is 34.9 Å². The van der Waals surface area contributed by atoms with Crippen LogP contribution >= 0.6 is 11.6 Å². The first kappa shape index (κ1) is 23.7. The Bertz CT molecular complexity index is 965. The molecule has 1 fully saturated rings. The molecule has 7 nitrogen and oxygen atoms in total. The van der Waals surface area contributed by atoms with Crippen LogP contribution in [-0.2, 0) is 25.2 Å². The van der Waals surface area contributed by atoms with Gasteiger partial charge in [-0.1, -0.05) is 23.7 Å². The highest BCUT2D eigenvalue weighted by molar-refractivity contribution is 6.32. The van der Waals surface area contributed by atoms with Crippen molar-refractivity contribution in [1.82, 2.24) is 0 Å². The highest BCUT2D eigenvalue weighted by Crippen LogP contribution is 2.35. The maximum atomic E-state index is 13.1. The number of carbonyl (C=O) groups is 2. The van der Waals surface area contributed by atoms with E-state index in [9.17, 15) is 22.8 Å². The number of hydrogen-bond acceptors (Lipinski definition) is 6. The minimum atomic E-state index is -4.58. The average molecular weight is 473 g/mol. The van der Waals surface area contributed by atoms with E-state index < -0.39 is 36.8 Å². The van der Waals surface area contributed by atoms with Gasteiger partial charge >= 0.3 is 12.1 Å². The molecule has 1 aliphatic rings. The number of morpholine rings is 1. The summed E-state index contributed by atoms with van der Waals surface area (Å²) < 4.78 is 54.8. The molecule has 32 heavy (non-hydrogen) atoms. The lowest BCUT2D eigenvalue weighted by atomic mass is 10.1. The van der Waals surface area contributed by atoms with Crippen molar-refractivity contribution in [2.24, 2.45) is 0 Å². The fourth-order valence-electron chi connectivity index (χ4n) is 2.96. The number of anilines is 2. The van der Waals surface area contributed by atoms with Crippen molar-refractivity contribution < 1.29 is 37.0 Å². The predicted octanol–water partition coefficient (Wildman–Crippen LogP) is 3.76. The molecule has 0 aliphatic carbocycles. The molecule has 2 aromatic rings. The number of amides is 1. The van der Waals surface area contributed by atoms with E-state index in [0.717, 1.165) is 12.1 Å². The molecule has 2 aromatic carbocycles. The van der Waals surface area contributed by atoms with E-state index in [-0.39, 0.29) is 11.4 Å². The zero-order chi connectivity index (χ0) is 23.1. The van der Waals surface area contributed by atoms with Crippen LogP contribution in [0.4, 0.5) is 24.5 Å². The van der Waals surface area contributed by atoms with Crippen LogP contribution in [0.15, 0.2) is 42.5 Å². The number of hydrogen-bond donors (Lipinski definition) is 1. The van der Waals surface area contributed by atoms with Gasteiger partial charge in [0.1, 0.15) is 5.75 Å². The van der Waals surface area contributed by atoms with E-state index >= 15 is 0 Å². The monoisotopic (exact) mass is 472 g/mol. The number of para-hydroxylation sites is 1. The third-order valence-corrected chi connectivity index (χ3v) is 4.81. The molecular weight excluding hydrogens is 453 g/mol. The maximum Gasteiger partial charge on any atom is 0.416 e. The van der Waals surface area contributed by atoms with E-state index in [4.69, 9.17) is 25.8 Å². The summed E-state index contributed by atoms with van der Waals surface area (Å²) in [7, 11) is 0. The highest BCUT2D eigenvalue weighted by Gasteiger charge is 2.32. The van der Waals surface area contributed by atoms with Crippen molar-refractivity contribution in [3.05, 3.63) is 53.1 Å². The smallest absolute Gasteiger partial charge is 0.416 e. The van der Waals surface area contributed by atoms with Crippen LogP contribution < -0.4 is 15.0 Å². The Morgan fingerprint density at radius 2 is 1.81 bits per heavy atom. The van der Waals surface area contributed by atoms with Crippen LogP contribution in [0.2, 0.25) is 5.02 Å². The van der Waals surface area contributed by atoms with Gasteiger partial charge < -0.3 is 24.4 Å². The Hall–Kier alpha value is -2.98. The van der Waals surface area contributed by atoms with Crippen LogP contribution in [0.3, 0.4) is 0 Å². The molecule has 1 saturated heterocycles. The van der Waals surface area contributed by atoms with Gasteiger partial charge in [0.2, 0.25) is 0 Å². The summed E-state index contributed by atoms with van der Waals surface area (Å²) in [4.78, 5) is 25.9. The number of esters is 1. The van der Waals surface area contributed by atoms with Crippen LogP contribution in [0, 0.1) is 0 Å². The largest absolute Gasteiger partial charge is 0.480 e. The summed E-state index contributed by atoms with van der Waals surface area (Å²) in [6.45, 7) is 0.573. The first-order valence-electron chi connectivity index (χ1n) is 9.61. The van der Waals surface area contributed by atoms with Crippen molar-refractivity contribution in [3.63, 3.8) is 0 Å². The predicted molar refractivity (Wildman–Crippen MR) is 111 cm³/mol. The molecule has 3 rings (SSSR count). The molecule has 1 amide bonds. The lowest BCUT2D eigenvalue weighted by molar-refractivity contribution is -0.149. The Balaban J connectivity index is 1.61. The standard InChI is InChI=1S/C21H20ClF3N2O5/c22-15-3-1-2-4-18(15)31-13-20(29)32-12-19(28)26-16-11-14(21(23,24)25)5-6-17(16)27-7-9-30-10-8-27/h1-6,11H,7-10,12-13H2,(H,26,28). The SMILES string of the molecule is O=C(COC(=O)COc1ccccc1Cl)Nc1cc(C(F)(F)F)ccc1N1CCOCC1. The molecule has 172 valence electrons. The van der Waals surface area contributed by atoms with Crippen molar-refractivity contribution in [2.45, 2.75) is 6.18 Å². The normalized spacial score (nSPS) is 14.1. The van der Waals surface area contributed by atoms with Gasteiger partial charge in [-0.2, -0.15) is 13.2 Å². The fraction of sp³-hybridized carbons (Fsp3) is 0.333. The number of rotatable bonds is 7. The number of alkyl halides is 3. The molecule has 1 N–H and O–H groups in total. The number of ether oxygens (including phenoxy) is 3. The summed E-state index contributed by atoms with van der Waals surface area (Å²) >= 11 is 5.92. The lowest BCUT2D eigenvalue weighted by Gasteiger charge is -2.31. The highest BCUT2D eigenvalue weighted by atomic mass is 35.5. The molecule has 0 spiro atoms. The Kier molecular flexibility index (Phi) is 7.81. The second-order valence-electron chi connectivity index (χ2n) is 6.76. The number of carbonyl (C=O) groups excluding carboxylic acids is 2. The number of benzene rings is 2. The van der Waals surface area contributed by atoms with Crippen molar-refractivity contribution in [2.75, 3.05) is 49.7 Å². The molecule has 1 aliphatic heterocycles. The van der Waals surface area contributed by atoms with Crippen LogP contribution in [0.25, 0.3) is 0 Å². The minimum absolute atomic E-state index is 0.0323. The van der Waals surface area contributed by atoms with Crippen LogP contribution in [0.1, 0.15) is 5.56 Å². The Morgan fingerprint density at radius 3 is 2.50 bits per heavy atom. The minimum Gasteiger partial charge on any atom is -0.480 e. The van der Waals surface area contributed by atoms with Gasteiger partial charge in [-0.05, 0) is 30.3 Å². The summed E-state index contributed by atoms with van der Waals surface area (Å²) in [6, 6.07) is 9.60. The molecule has 1 heterocycles. The van der Waals surface area contributed by atoms with Gasteiger partial charge in [0.05, 0.1) is 35.2 Å². The van der Waals surface area contributed by atoms with Gasteiger partial charge in [0, 0.05) is 13.1 Å². The number of nitrogens with zero attached hydrogens (tertiary/aromatic N) is 1. The molecule has 0 radical (unpaired) electrons. The average Bonchev–Trinajstić information content (AvgIpc) is 2.77. The number of halogens is 4. The molecule has 11 heteroatoms. The van der Waals surface area contributed by atoms with Gasteiger partial charge in [-0.25, -0.2) is 4.79 Å². The van der Waals surface area contributed by atoms with E-state index in [1.165, 1.54) is 6.07 Å². The van der Waals surface area contributed by atoms with Gasteiger partial charge in [-0.3, -0.25) is 4.79 Å². The van der Waals surface area contributed by atoms with Crippen LogP contribution in [-0.4, -0.2) is 51.4 Å². The van der Waals surface area contributed by atoms with Crippen molar-refractivity contribution in [3.8, 4) is 5.75 Å². The second kappa shape index (κ2) is 10.6. The van der Waals surface area contributed by atoms with E-state index in [2.05, 4.69) is 5.32 Å². The molecule has 0 atom stereocenters. The first-order chi connectivity index (χ1) is 15.2. The van der Waals surface area contributed by atoms with E-state index in [1.807, 2.05) is 4.90 Å². The third kappa shape index (κ3) is 6.51. The summed E-state index contributed by atoms with van der Waals surface area (Å²) in [6.07, 6.45) is -4.58. The zero-order valence-corrected chi connectivity index (χ0v) is 17.5. The van der Waals surface area contributed by atoms with E-state index in [0.29, 0.717) is 37.0 Å². The molecule has 0 unspecified atom stereocenters. The second-order valence-corrected chi connectivity index (χ2v) is 7.16. The topological polar surface area (TPSA) is 77.1 Å². The third-order valence-electron chi connectivity index (χ3n) is 4.50. The van der Waals surface area contributed by atoms with Crippen LogP contribution in [0.5, 0.6) is 5.75 Å². The fourth-order valence-corrected chi connectivity index (χ4v) is 3.16. The summed E-state index contributed by atoms with van der Waals surface area (Å²) in [5.74, 6) is -1.35. The van der Waals surface area contributed by atoms with Gasteiger partial charge in [0.25, 0.3) is 5.91 Å². The summed E-state index contributed by atoms with van der Waals surface area (Å²) in [5, 5.41) is 2.70. The van der Waals surface area contributed by atoms with Gasteiger partial charge in [0.15, 0.2) is 13.2 Å². The Labute approximate surface area is 187 Å². The summed E-state index contributed by atoms with van der Waals surface area (Å²) in [5.41, 5.74) is -0.520. The molecule has 0 bridgehead atoms. The number of nitrogens with one attached hydrogen (secondary N) is 1. The zero-order valence-electron chi connectivity index (χ0n) is 16.8. The Morgan fingerprint density at radius 1 is 1.09 bits per heavy atom. The van der Waals surface area contributed by atoms with Gasteiger partial charge in [-0.15, -0.1) is 0 Å². The molecular formula is C21H20ClF3N2O5. The first-order valence-corrected chi connectivity index (χ1v) is 9.98.